The van der Waals surface area contributed by atoms with E-state index in [0.29, 0.717) is 42.6 Å². The Hall–Kier alpha value is -1.39. The smallest absolute Gasteiger partial charge is 0.252 e. The van der Waals surface area contributed by atoms with Crippen molar-refractivity contribution in [1.29, 1.82) is 0 Å². The predicted octanol–water partition coefficient (Wildman–Crippen LogP) is 2.42. The second-order valence-electron chi connectivity index (χ2n) is 5.62. The summed E-state index contributed by atoms with van der Waals surface area (Å²) < 4.78 is 32.2. The first kappa shape index (κ1) is 19.4. The van der Waals surface area contributed by atoms with Crippen molar-refractivity contribution >= 4 is 39.0 Å². The maximum absolute atomic E-state index is 12.6. The number of sulfonamides is 1. The van der Waals surface area contributed by atoms with Crippen LogP contribution in [0.25, 0.3) is 0 Å². The standard InChI is InChI=1S/C17H20N2O4S3/c1-24-15-5-3-2-4-14(15)17(20)18-12-13-6-7-16(25-13)26(21,22)19-8-10-23-11-9-19/h2-7H,8-12H2,1H3,(H,18,20). The Morgan fingerprint density at radius 1 is 1.23 bits per heavy atom. The average molecular weight is 413 g/mol. The summed E-state index contributed by atoms with van der Waals surface area (Å²) in [5.74, 6) is -0.166. The van der Waals surface area contributed by atoms with Crippen LogP contribution < -0.4 is 5.32 Å². The number of hydrogen-bond acceptors (Lipinski definition) is 6. The number of morpholine rings is 1. The van der Waals surface area contributed by atoms with E-state index in [0.717, 1.165) is 9.77 Å². The van der Waals surface area contributed by atoms with Crippen LogP contribution in [0.2, 0.25) is 0 Å². The van der Waals surface area contributed by atoms with Crippen molar-refractivity contribution in [3.63, 3.8) is 0 Å². The first-order valence-electron chi connectivity index (χ1n) is 8.10. The van der Waals surface area contributed by atoms with Crippen molar-refractivity contribution in [3.8, 4) is 0 Å². The number of carbonyl (C=O) groups excluding carboxylic acids is 1. The molecule has 0 spiro atoms. The molecule has 0 unspecified atom stereocenters. The second kappa shape index (κ2) is 8.53. The Bertz CT molecular complexity index is 874. The number of thioether (sulfide) groups is 1. The summed E-state index contributed by atoms with van der Waals surface area (Å²) in [7, 11) is -3.49. The molecule has 1 N–H and O–H groups in total. The van der Waals surface area contributed by atoms with E-state index in [2.05, 4.69) is 5.32 Å². The van der Waals surface area contributed by atoms with E-state index < -0.39 is 10.0 Å². The van der Waals surface area contributed by atoms with Crippen LogP contribution in [0.5, 0.6) is 0 Å². The fraction of sp³-hybridized carbons (Fsp3) is 0.353. The van der Waals surface area contributed by atoms with Crippen LogP contribution in [0.15, 0.2) is 45.5 Å². The first-order valence-corrected chi connectivity index (χ1v) is 11.6. The molecule has 0 saturated carbocycles. The molecule has 0 radical (unpaired) electrons. The van der Waals surface area contributed by atoms with E-state index in [-0.39, 0.29) is 5.91 Å². The molecule has 3 rings (SSSR count). The first-order chi connectivity index (χ1) is 12.5. The molecule has 1 aromatic carbocycles. The molecule has 9 heteroatoms. The predicted molar refractivity (Wildman–Crippen MR) is 103 cm³/mol. The Morgan fingerprint density at radius 3 is 2.69 bits per heavy atom. The zero-order chi connectivity index (χ0) is 18.6. The maximum Gasteiger partial charge on any atom is 0.252 e. The van der Waals surface area contributed by atoms with Crippen molar-refractivity contribution in [2.24, 2.45) is 0 Å². The minimum Gasteiger partial charge on any atom is -0.379 e. The van der Waals surface area contributed by atoms with Crippen LogP contribution >= 0.6 is 23.1 Å². The summed E-state index contributed by atoms with van der Waals surface area (Å²) in [5.41, 5.74) is 0.623. The monoisotopic (exact) mass is 412 g/mol. The Kier molecular flexibility index (Phi) is 6.36. The summed E-state index contributed by atoms with van der Waals surface area (Å²) in [4.78, 5) is 14.1. The summed E-state index contributed by atoms with van der Waals surface area (Å²) in [6.45, 7) is 1.88. The third-order valence-electron chi connectivity index (χ3n) is 3.98. The van der Waals surface area contributed by atoms with Gasteiger partial charge in [0.1, 0.15) is 4.21 Å². The van der Waals surface area contributed by atoms with E-state index in [9.17, 15) is 13.2 Å². The number of benzene rings is 1. The van der Waals surface area contributed by atoms with E-state index in [1.54, 1.807) is 18.2 Å². The van der Waals surface area contributed by atoms with Gasteiger partial charge in [0.2, 0.25) is 0 Å². The van der Waals surface area contributed by atoms with Gasteiger partial charge >= 0.3 is 0 Å². The number of nitrogens with one attached hydrogen (secondary N) is 1. The molecule has 1 amide bonds. The molecule has 1 aliphatic rings. The molecule has 140 valence electrons. The average Bonchev–Trinajstić information content (AvgIpc) is 3.16. The van der Waals surface area contributed by atoms with Crippen molar-refractivity contribution in [1.82, 2.24) is 9.62 Å². The quantitative estimate of drug-likeness (QED) is 0.738. The number of ether oxygens (including phenoxy) is 1. The molecule has 1 aliphatic heterocycles. The normalized spacial score (nSPS) is 15.7. The van der Waals surface area contributed by atoms with Crippen LogP contribution in [0, 0.1) is 0 Å². The number of nitrogens with zero attached hydrogens (tertiary/aromatic N) is 1. The van der Waals surface area contributed by atoms with Gasteiger partial charge in [0.25, 0.3) is 15.9 Å². The van der Waals surface area contributed by atoms with E-state index >= 15 is 0 Å². The maximum atomic E-state index is 12.6. The molecular weight excluding hydrogens is 392 g/mol. The molecule has 2 heterocycles. The molecule has 1 saturated heterocycles. The SMILES string of the molecule is CSc1ccccc1C(=O)NCc1ccc(S(=O)(=O)N2CCOCC2)s1. The molecule has 0 aliphatic carbocycles. The minimum absolute atomic E-state index is 0.166. The molecule has 1 aromatic heterocycles. The second-order valence-corrected chi connectivity index (χ2v) is 9.80. The van der Waals surface area contributed by atoms with Gasteiger partial charge in [-0.2, -0.15) is 4.31 Å². The van der Waals surface area contributed by atoms with Crippen LogP contribution in [0.3, 0.4) is 0 Å². The molecule has 2 aromatic rings. The number of amides is 1. The highest BCUT2D eigenvalue weighted by atomic mass is 32.2. The van der Waals surface area contributed by atoms with Crippen molar-refractivity contribution in [2.45, 2.75) is 15.6 Å². The van der Waals surface area contributed by atoms with Gasteiger partial charge in [-0.05, 0) is 30.5 Å². The van der Waals surface area contributed by atoms with E-state index in [4.69, 9.17) is 4.74 Å². The van der Waals surface area contributed by atoms with Gasteiger partial charge in [0, 0.05) is 22.9 Å². The van der Waals surface area contributed by atoms with Gasteiger partial charge < -0.3 is 10.1 Å². The van der Waals surface area contributed by atoms with Crippen LogP contribution in [0.1, 0.15) is 15.2 Å². The fourth-order valence-corrected chi connectivity index (χ4v) is 6.05. The van der Waals surface area contributed by atoms with Gasteiger partial charge in [-0.25, -0.2) is 8.42 Å². The fourth-order valence-electron chi connectivity index (χ4n) is 2.60. The van der Waals surface area contributed by atoms with Crippen LogP contribution in [-0.4, -0.2) is 51.2 Å². The Morgan fingerprint density at radius 2 is 1.96 bits per heavy atom. The van der Waals surface area contributed by atoms with Crippen LogP contribution in [-0.2, 0) is 21.3 Å². The number of hydrogen-bond donors (Lipinski definition) is 1. The third kappa shape index (κ3) is 4.29. The largest absolute Gasteiger partial charge is 0.379 e. The lowest BCUT2D eigenvalue weighted by Gasteiger charge is -2.25. The third-order valence-corrected chi connectivity index (χ3v) is 8.22. The number of rotatable bonds is 6. The highest BCUT2D eigenvalue weighted by Crippen LogP contribution is 2.26. The summed E-state index contributed by atoms with van der Waals surface area (Å²) in [6, 6.07) is 10.8. The molecule has 6 nitrogen and oxygen atoms in total. The molecular formula is C17H20N2O4S3. The Labute approximate surface area is 161 Å². The molecule has 1 fully saturated rings. The Balaban J connectivity index is 1.66. The van der Waals surface area contributed by atoms with Crippen LogP contribution in [0.4, 0.5) is 0 Å². The molecule has 0 atom stereocenters. The summed E-state index contributed by atoms with van der Waals surface area (Å²) in [5, 5.41) is 2.86. The lowest BCUT2D eigenvalue weighted by molar-refractivity contribution is 0.0731. The summed E-state index contributed by atoms with van der Waals surface area (Å²) >= 11 is 2.71. The highest BCUT2D eigenvalue weighted by molar-refractivity contribution is 7.98. The van der Waals surface area contributed by atoms with Gasteiger partial charge in [-0.1, -0.05) is 12.1 Å². The van der Waals surface area contributed by atoms with Crippen molar-refractivity contribution in [3.05, 3.63) is 46.8 Å². The molecule has 0 bridgehead atoms. The number of thiophene rings is 1. The highest BCUT2D eigenvalue weighted by Gasteiger charge is 2.27. The number of carbonyl (C=O) groups is 1. The summed E-state index contributed by atoms with van der Waals surface area (Å²) in [6.07, 6.45) is 1.92. The van der Waals surface area contributed by atoms with Gasteiger partial charge in [0.15, 0.2) is 0 Å². The minimum atomic E-state index is -3.49. The van der Waals surface area contributed by atoms with E-state index in [1.165, 1.54) is 27.4 Å². The van der Waals surface area contributed by atoms with Gasteiger partial charge in [0.05, 0.1) is 25.3 Å². The van der Waals surface area contributed by atoms with Crippen molar-refractivity contribution < 1.29 is 17.9 Å². The van der Waals surface area contributed by atoms with Gasteiger partial charge in [-0.15, -0.1) is 23.1 Å². The van der Waals surface area contributed by atoms with Gasteiger partial charge in [-0.3, -0.25) is 4.79 Å². The lowest BCUT2D eigenvalue weighted by atomic mass is 10.2. The zero-order valence-electron chi connectivity index (χ0n) is 14.3. The van der Waals surface area contributed by atoms with E-state index in [1.807, 2.05) is 24.5 Å². The lowest BCUT2D eigenvalue weighted by Crippen LogP contribution is -2.40. The topological polar surface area (TPSA) is 75.7 Å². The van der Waals surface area contributed by atoms with Crippen molar-refractivity contribution in [2.75, 3.05) is 32.6 Å². The zero-order valence-corrected chi connectivity index (χ0v) is 16.8. The molecule has 26 heavy (non-hydrogen) atoms.